The van der Waals surface area contributed by atoms with Gasteiger partial charge in [-0.25, -0.2) is 4.79 Å². The van der Waals surface area contributed by atoms with Crippen molar-refractivity contribution in [1.29, 1.82) is 0 Å². The minimum absolute atomic E-state index is 0.0960. The van der Waals surface area contributed by atoms with Crippen LogP contribution in [0.4, 0.5) is 10.5 Å². The van der Waals surface area contributed by atoms with Crippen LogP contribution in [0.2, 0.25) is 0 Å². The van der Waals surface area contributed by atoms with E-state index in [1.54, 1.807) is 6.92 Å². The van der Waals surface area contributed by atoms with Crippen molar-refractivity contribution in [2.45, 2.75) is 108 Å². The molecule has 2 heterocycles. The number of hydrogen-bond acceptors (Lipinski definition) is 6. The van der Waals surface area contributed by atoms with Crippen molar-refractivity contribution in [3.8, 4) is 0 Å². The summed E-state index contributed by atoms with van der Waals surface area (Å²) in [6, 6.07) is 8.60. The Balaban J connectivity index is 1.30. The van der Waals surface area contributed by atoms with Crippen LogP contribution in [0.15, 0.2) is 30.3 Å². The van der Waals surface area contributed by atoms with Crippen molar-refractivity contribution in [3.05, 3.63) is 30.3 Å². The second-order valence-corrected chi connectivity index (χ2v) is 12.9. The van der Waals surface area contributed by atoms with Crippen LogP contribution in [-0.4, -0.2) is 84.2 Å². The van der Waals surface area contributed by atoms with E-state index in [0.717, 1.165) is 25.9 Å². The Labute approximate surface area is 261 Å². The van der Waals surface area contributed by atoms with Crippen LogP contribution < -0.4 is 26.6 Å². The van der Waals surface area contributed by atoms with Gasteiger partial charge in [-0.1, -0.05) is 31.0 Å². The number of carbonyl (C=O) groups is 4. The lowest BCUT2D eigenvalue weighted by molar-refractivity contribution is -0.128. The predicted molar refractivity (Wildman–Crippen MR) is 170 cm³/mol. The van der Waals surface area contributed by atoms with Crippen LogP contribution >= 0.6 is 0 Å². The van der Waals surface area contributed by atoms with Gasteiger partial charge < -0.3 is 36.6 Å². The number of urea groups is 1. The molecule has 2 aliphatic heterocycles. The maximum Gasteiger partial charge on any atom is 0.319 e. The number of likely N-dealkylation sites (tertiary alicyclic amines) is 1. The van der Waals surface area contributed by atoms with Gasteiger partial charge in [0.15, 0.2) is 0 Å². The first-order valence-electron chi connectivity index (χ1n) is 16.6. The molecule has 2 saturated heterocycles. The molecule has 3 fully saturated rings. The average molecular weight is 613 g/mol. The molecule has 4 rings (SSSR count). The van der Waals surface area contributed by atoms with Crippen LogP contribution in [0.1, 0.15) is 84.0 Å². The van der Waals surface area contributed by atoms with Crippen LogP contribution in [-0.2, 0) is 14.4 Å². The molecule has 5 atom stereocenters. The normalized spacial score (nSPS) is 28.3. The van der Waals surface area contributed by atoms with Gasteiger partial charge in [0.25, 0.3) is 0 Å². The van der Waals surface area contributed by atoms with Crippen molar-refractivity contribution < 1.29 is 24.3 Å². The summed E-state index contributed by atoms with van der Waals surface area (Å²) >= 11 is 0. The van der Waals surface area contributed by atoms with Gasteiger partial charge in [-0.15, -0.1) is 0 Å². The second-order valence-electron chi connectivity index (χ2n) is 12.9. The molecule has 0 aromatic heterocycles. The summed E-state index contributed by atoms with van der Waals surface area (Å²) in [6.07, 6.45) is 8.10. The Kier molecular flexibility index (Phi) is 13.3. The number of nitrogens with zero attached hydrogens (tertiary/aromatic N) is 1. The number of fused-ring (bicyclic) bond motifs is 1. The summed E-state index contributed by atoms with van der Waals surface area (Å²) in [6.45, 7) is 4.68. The van der Waals surface area contributed by atoms with Crippen LogP contribution in [0, 0.1) is 11.8 Å². The van der Waals surface area contributed by atoms with Crippen LogP contribution in [0.3, 0.4) is 0 Å². The van der Waals surface area contributed by atoms with Gasteiger partial charge in [-0.2, -0.15) is 0 Å². The highest BCUT2D eigenvalue weighted by atomic mass is 16.3. The largest absolute Gasteiger partial charge is 0.390 e. The molecule has 0 radical (unpaired) electrons. The fraction of sp³-hybridized carbons (Fsp3) is 0.697. The Bertz CT molecular complexity index is 1080. The van der Waals surface area contributed by atoms with Gasteiger partial charge in [0.2, 0.25) is 17.7 Å². The van der Waals surface area contributed by atoms with Gasteiger partial charge >= 0.3 is 6.03 Å². The Morgan fingerprint density at radius 2 is 1.66 bits per heavy atom. The molecule has 1 aromatic rings. The lowest BCUT2D eigenvalue weighted by Gasteiger charge is -2.41. The van der Waals surface area contributed by atoms with E-state index in [1.807, 2.05) is 30.3 Å². The summed E-state index contributed by atoms with van der Waals surface area (Å²) in [5.74, 6) is -0.0363. The quantitative estimate of drug-likeness (QED) is 0.261. The number of para-hydroxylation sites is 1. The lowest BCUT2D eigenvalue weighted by Crippen LogP contribution is -2.49. The molecule has 5 amide bonds. The lowest BCUT2D eigenvalue weighted by atomic mass is 9.80. The molecule has 11 heteroatoms. The number of anilines is 1. The van der Waals surface area contributed by atoms with Gasteiger partial charge in [0, 0.05) is 50.2 Å². The van der Waals surface area contributed by atoms with Gasteiger partial charge in [0.1, 0.15) is 0 Å². The first-order valence-corrected chi connectivity index (χ1v) is 16.6. The maximum absolute atomic E-state index is 13.0. The first-order chi connectivity index (χ1) is 21.3. The number of piperidine rings is 1. The summed E-state index contributed by atoms with van der Waals surface area (Å²) in [7, 11) is 0. The third kappa shape index (κ3) is 11.1. The Hall–Kier alpha value is -3.18. The number of aliphatic hydroxyl groups is 1. The van der Waals surface area contributed by atoms with E-state index in [9.17, 15) is 24.3 Å². The third-order valence-electron chi connectivity index (χ3n) is 9.50. The van der Waals surface area contributed by atoms with Crippen molar-refractivity contribution in [2.24, 2.45) is 11.8 Å². The van der Waals surface area contributed by atoms with E-state index in [4.69, 9.17) is 0 Å². The molecule has 6 N–H and O–H groups in total. The molecule has 11 nitrogen and oxygen atoms in total. The highest BCUT2D eigenvalue weighted by Crippen LogP contribution is 2.33. The summed E-state index contributed by atoms with van der Waals surface area (Å²) in [4.78, 5) is 53.5. The number of unbranched alkanes of at least 4 members (excludes halogenated alkanes) is 1. The molecule has 0 spiro atoms. The Morgan fingerprint density at radius 3 is 2.43 bits per heavy atom. The monoisotopic (exact) mass is 612 g/mol. The van der Waals surface area contributed by atoms with Crippen LogP contribution in [0.25, 0.3) is 0 Å². The van der Waals surface area contributed by atoms with Crippen molar-refractivity contribution in [2.75, 3.05) is 31.5 Å². The molecule has 1 aromatic carbocycles. The molecule has 1 saturated carbocycles. The van der Waals surface area contributed by atoms with Crippen molar-refractivity contribution in [3.63, 3.8) is 0 Å². The molecular weight excluding hydrogens is 560 g/mol. The second kappa shape index (κ2) is 17.3. The zero-order valence-corrected chi connectivity index (χ0v) is 26.2. The average Bonchev–Trinajstić information content (AvgIpc) is 3.53. The van der Waals surface area contributed by atoms with Gasteiger partial charge in [0.05, 0.1) is 18.6 Å². The van der Waals surface area contributed by atoms with E-state index in [-0.39, 0.29) is 42.5 Å². The van der Waals surface area contributed by atoms with E-state index in [0.29, 0.717) is 56.4 Å². The zero-order chi connectivity index (χ0) is 31.3. The minimum Gasteiger partial charge on any atom is -0.390 e. The number of hydrogen-bond donors (Lipinski definition) is 6. The van der Waals surface area contributed by atoms with E-state index in [1.165, 1.54) is 25.7 Å². The standard InChI is InChI=1S/C33H52N6O5/c1-23-29(40)21-32(43)37-27(11-7-8-16-35-33(44)38-26-9-3-2-4-10-26)20-30(41)34-17-14-25-22-39(28-12-5-6-13-28)18-15-24(25)19-31(42)36-23/h2-4,9-10,23-25,27-29,40H,5-8,11-22H2,1H3,(H,34,41)(H,36,42)(H,37,43)(H2,35,38,44)/t23-,24-,25-,27-,29-/m0/s1. The smallest absolute Gasteiger partial charge is 0.319 e. The molecule has 0 bridgehead atoms. The summed E-state index contributed by atoms with van der Waals surface area (Å²) in [5, 5.41) is 25.2. The fourth-order valence-corrected chi connectivity index (χ4v) is 6.94. The number of amides is 5. The summed E-state index contributed by atoms with van der Waals surface area (Å²) < 4.78 is 0. The molecule has 244 valence electrons. The van der Waals surface area contributed by atoms with E-state index < -0.39 is 18.2 Å². The number of aliphatic hydroxyl groups excluding tert-OH is 1. The van der Waals surface area contributed by atoms with E-state index in [2.05, 4.69) is 31.5 Å². The fourth-order valence-electron chi connectivity index (χ4n) is 6.94. The number of nitrogens with one attached hydrogen (secondary N) is 5. The van der Waals surface area contributed by atoms with Gasteiger partial charge in [-0.05, 0) is 82.4 Å². The maximum atomic E-state index is 13.0. The summed E-state index contributed by atoms with van der Waals surface area (Å²) in [5.41, 5.74) is 0.714. The number of rotatable bonds is 7. The highest BCUT2D eigenvalue weighted by molar-refractivity contribution is 5.89. The molecule has 1 aliphatic carbocycles. The number of benzene rings is 1. The third-order valence-corrected chi connectivity index (χ3v) is 9.50. The molecular formula is C33H52N6O5. The SMILES string of the molecule is C[C@@H]1NC(=O)C[C@@H]2CCN(C3CCCC3)C[C@@H]2CCNC(=O)C[C@H](CCCCNC(=O)Nc2ccccc2)NC(=O)C[C@@H]1O. The van der Waals surface area contributed by atoms with Crippen LogP contribution in [0.5, 0.6) is 0 Å². The Morgan fingerprint density at radius 1 is 0.909 bits per heavy atom. The predicted octanol–water partition coefficient (Wildman–Crippen LogP) is 2.90. The zero-order valence-electron chi connectivity index (χ0n) is 26.2. The minimum atomic E-state index is -1.03. The topological polar surface area (TPSA) is 152 Å². The number of carbonyl (C=O) groups excluding carboxylic acids is 4. The highest BCUT2D eigenvalue weighted by Gasteiger charge is 2.35. The van der Waals surface area contributed by atoms with E-state index >= 15 is 0 Å². The van der Waals surface area contributed by atoms with Crippen molar-refractivity contribution >= 4 is 29.4 Å². The molecule has 3 aliphatic rings. The first kappa shape index (κ1) is 33.7. The molecule has 0 unspecified atom stereocenters. The van der Waals surface area contributed by atoms with Crippen molar-refractivity contribution in [1.82, 2.24) is 26.2 Å². The van der Waals surface area contributed by atoms with Gasteiger partial charge in [-0.3, -0.25) is 14.4 Å². The molecule has 44 heavy (non-hydrogen) atoms.